The first-order valence-corrected chi connectivity index (χ1v) is 14.9. The number of rotatable bonds is 4. The Morgan fingerprint density at radius 3 is 2.54 bits per heavy atom. The Labute approximate surface area is 233 Å². The van der Waals surface area contributed by atoms with Crippen LogP contribution in [0.3, 0.4) is 0 Å². The molecule has 2 N–H and O–H groups in total. The minimum absolute atomic E-state index is 0. The molecule has 4 bridgehead atoms. The summed E-state index contributed by atoms with van der Waals surface area (Å²) in [7, 11) is -4.08. The number of anilines is 1. The lowest BCUT2D eigenvalue weighted by molar-refractivity contribution is 0.0465. The van der Waals surface area contributed by atoms with Gasteiger partial charge in [-0.1, -0.05) is 38.1 Å². The number of carbonyl (C=O) groups excluding carboxylic acids is 1. The monoisotopic (exact) mass is 553 g/mol. The zero-order valence-electron chi connectivity index (χ0n) is 22.8. The van der Waals surface area contributed by atoms with Gasteiger partial charge < -0.3 is 15.0 Å². The molecule has 0 aliphatic carbocycles. The van der Waals surface area contributed by atoms with Gasteiger partial charge in [0.25, 0.3) is 15.9 Å². The summed E-state index contributed by atoms with van der Waals surface area (Å²) in [6, 6.07) is 13.6. The Morgan fingerprint density at radius 2 is 1.85 bits per heavy atom. The van der Waals surface area contributed by atoms with E-state index in [1.54, 1.807) is 18.2 Å². The van der Waals surface area contributed by atoms with Gasteiger partial charge in [0.05, 0.1) is 16.6 Å². The minimum atomic E-state index is -4.08. The number of amides is 1. The molecule has 1 unspecified atom stereocenters. The highest BCUT2D eigenvalue weighted by atomic mass is 32.2. The summed E-state index contributed by atoms with van der Waals surface area (Å²) < 4.78 is 35.7. The van der Waals surface area contributed by atoms with E-state index in [0.29, 0.717) is 23.7 Å². The van der Waals surface area contributed by atoms with Crippen molar-refractivity contribution in [2.45, 2.75) is 57.5 Å². The van der Waals surface area contributed by atoms with Crippen LogP contribution in [0.1, 0.15) is 51.0 Å². The minimum Gasteiger partial charge on any atom is -0.475 e. The van der Waals surface area contributed by atoms with Crippen molar-refractivity contribution in [2.24, 2.45) is 5.92 Å². The number of ether oxygens (including phenoxy) is 1. The molecule has 3 aromatic rings. The molecule has 3 heterocycles. The quantitative estimate of drug-likeness (QED) is 0.483. The fourth-order valence-electron chi connectivity index (χ4n) is 5.51. The van der Waals surface area contributed by atoms with Crippen molar-refractivity contribution in [3.63, 3.8) is 0 Å². The fraction of sp³-hybridized carbons (Fsp3) is 0.414. The van der Waals surface area contributed by atoms with E-state index in [2.05, 4.69) is 33.9 Å². The maximum Gasteiger partial charge on any atom is 0.264 e. The van der Waals surface area contributed by atoms with E-state index in [1.807, 2.05) is 36.9 Å². The van der Waals surface area contributed by atoms with Gasteiger partial charge in [-0.25, -0.2) is 18.1 Å². The molecule has 2 aliphatic heterocycles. The average molecular weight is 554 g/mol. The van der Waals surface area contributed by atoms with E-state index in [0.717, 1.165) is 36.1 Å². The maximum atomic E-state index is 14.0. The standard InChI is InChI=1S/C29H35N5O4S.2H2/c1-18(2)13-23-17-38-26-15-25(27-19(3)7-5-8-20(27)4)31-29(32-26)33-39(36,37)24-10-6-9-21(14-24)28(35)34(23)22-11-12-30-16-22;;/h5-10,14-15,18,22-23,30H,11-13,16-17H2,1-4H3,(H,31,32,33);2*1H/t22?,23-;;/m1../s1. The fourth-order valence-corrected chi connectivity index (χ4v) is 6.50. The molecule has 1 fully saturated rings. The highest BCUT2D eigenvalue weighted by Crippen LogP contribution is 2.31. The van der Waals surface area contributed by atoms with Crippen LogP contribution in [0, 0.1) is 19.8 Å². The largest absolute Gasteiger partial charge is 0.475 e. The number of nitrogens with zero attached hydrogens (tertiary/aromatic N) is 3. The Kier molecular flexibility index (Phi) is 7.59. The predicted molar refractivity (Wildman–Crippen MR) is 155 cm³/mol. The van der Waals surface area contributed by atoms with Crippen molar-refractivity contribution in [2.75, 3.05) is 24.4 Å². The molecule has 0 spiro atoms. The predicted octanol–water partition coefficient (Wildman–Crippen LogP) is 4.66. The van der Waals surface area contributed by atoms with E-state index in [1.165, 1.54) is 12.1 Å². The molecule has 5 rings (SSSR count). The molecule has 1 saturated heterocycles. The molecular weight excluding hydrogens is 514 g/mol. The Balaban J connectivity index is 0.00000231. The summed E-state index contributed by atoms with van der Waals surface area (Å²) in [5.41, 5.74) is 3.78. The molecule has 1 aromatic heterocycles. The van der Waals surface area contributed by atoms with Gasteiger partial charge in [-0.05, 0) is 68.5 Å². The smallest absolute Gasteiger partial charge is 0.264 e. The third kappa shape index (κ3) is 5.77. The summed E-state index contributed by atoms with van der Waals surface area (Å²) in [5, 5.41) is 3.36. The van der Waals surface area contributed by atoms with Crippen LogP contribution in [-0.2, 0) is 10.0 Å². The highest BCUT2D eigenvalue weighted by Gasteiger charge is 2.35. The van der Waals surface area contributed by atoms with Gasteiger partial charge in [-0.3, -0.25) is 4.79 Å². The van der Waals surface area contributed by atoms with Gasteiger partial charge in [0.2, 0.25) is 11.8 Å². The first kappa shape index (κ1) is 27.1. The van der Waals surface area contributed by atoms with Crippen molar-refractivity contribution in [1.82, 2.24) is 20.2 Å². The maximum absolute atomic E-state index is 14.0. The zero-order chi connectivity index (χ0) is 27.7. The van der Waals surface area contributed by atoms with Gasteiger partial charge in [0, 0.05) is 32.6 Å². The topological polar surface area (TPSA) is 114 Å². The van der Waals surface area contributed by atoms with Crippen molar-refractivity contribution >= 4 is 21.9 Å². The molecule has 2 atom stereocenters. The summed E-state index contributed by atoms with van der Waals surface area (Å²) in [4.78, 5) is 24.9. The van der Waals surface area contributed by atoms with Gasteiger partial charge in [-0.15, -0.1) is 0 Å². The number of carbonyl (C=O) groups is 1. The molecular formula is C29H39N5O4S. The van der Waals surface area contributed by atoms with Gasteiger partial charge in [-0.2, -0.15) is 4.98 Å². The van der Waals surface area contributed by atoms with Crippen molar-refractivity contribution < 1.29 is 20.8 Å². The second kappa shape index (κ2) is 10.9. The Bertz CT molecular complexity index is 1480. The van der Waals surface area contributed by atoms with E-state index in [-0.39, 0.29) is 44.2 Å². The second-order valence-electron chi connectivity index (χ2n) is 10.8. The van der Waals surface area contributed by atoms with Crippen molar-refractivity contribution in [3.05, 3.63) is 65.2 Å². The van der Waals surface area contributed by atoms with Crippen molar-refractivity contribution in [3.8, 4) is 17.1 Å². The molecule has 2 aromatic carbocycles. The first-order chi connectivity index (χ1) is 18.6. The highest BCUT2D eigenvalue weighted by molar-refractivity contribution is 7.92. The van der Waals surface area contributed by atoms with E-state index in [4.69, 9.17) is 4.74 Å². The van der Waals surface area contributed by atoms with Crippen LogP contribution in [-0.4, -0.2) is 61.0 Å². The molecule has 210 valence electrons. The first-order valence-electron chi connectivity index (χ1n) is 13.4. The number of benzene rings is 2. The summed E-state index contributed by atoms with van der Waals surface area (Å²) in [6.45, 7) is 9.92. The molecule has 1 amide bonds. The third-order valence-corrected chi connectivity index (χ3v) is 8.61. The SMILES string of the molecule is Cc1cccc(C)c1-c1cc2nc(n1)NS(=O)(=O)c1cccc(c1)C(=O)N(C1CCNC1)[C@H](CC(C)C)CO2.[HH].[HH]. The van der Waals surface area contributed by atoms with Gasteiger partial charge >= 0.3 is 0 Å². The summed E-state index contributed by atoms with van der Waals surface area (Å²) >= 11 is 0. The number of fused-ring (bicyclic) bond motifs is 4. The number of aromatic nitrogens is 2. The lowest BCUT2D eigenvalue weighted by atomic mass is 9.99. The molecule has 9 nitrogen and oxygen atoms in total. The molecule has 0 saturated carbocycles. The van der Waals surface area contributed by atoms with Crippen LogP contribution in [0.4, 0.5) is 5.95 Å². The van der Waals surface area contributed by atoms with Crippen LogP contribution in [0.25, 0.3) is 11.3 Å². The molecule has 39 heavy (non-hydrogen) atoms. The van der Waals surface area contributed by atoms with E-state index in [9.17, 15) is 13.2 Å². The van der Waals surface area contributed by atoms with Gasteiger partial charge in [0.15, 0.2) is 0 Å². The number of hydrogen-bond acceptors (Lipinski definition) is 7. The average Bonchev–Trinajstić information content (AvgIpc) is 3.40. The second-order valence-corrected chi connectivity index (χ2v) is 12.5. The summed E-state index contributed by atoms with van der Waals surface area (Å²) in [6.07, 6.45) is 1.54. The summed E-state index contributed by atoms with van der Waals surface area (Å²) in [5.74, 6) is 0.261. The van der Waals surface area contributed by atoms with Crippen molar-refractivity contribution in [1.29, 1.82) is 0 Å². The number of aryl methyl sites for hydroxylation is 2. The Hall–Kier alpha value is -3.50. The van der Waals surface area contributed by atoms with Crippen LogP contribution < -0.4 is 14.8 Å². The van der Waals surface area contributed by atoms with Gasteiger partial charge in [0.1, 0.15) is 6.61 Å². The third-order valence-electron chi connectivity index (χ3n) is 7.28. The Morgan fingerprint density at radius 1 is 1.10 bits per heavy atom. The van der Waals surface area contributed by atoms with E-state index < -0.39 is 10.0 Å². The molecule has 0 radical (unpaired) electrons. The van der Waals surface area contributed by atoms with Crippen LogP contribution in [0.5, 0.6) is 5.88 Å². The van der Waals surface area contributed by atoms with Crippen LogP contribution in [0.15, 0.2) is 53.4 Å². The number of hydrogen-bond donors (Lipinski definition) is 2. The zero-order valence-corrected chi connectivity index (χ0v) is 23.6. The lowest BCUT2D eigenvalue weighted by Crippen LogP contribution is -2.51. The van der Waals surface area contributed by atoms with Crippen LogP contribution >= 0.6 is 0 Å². The lowest BCUT2D eigenvalue weighted by Gasteiger charge is -2.37. The molecule has 2 aliphatic rings. The number of nitrogens with one attached hydrogen (secondary N) is 2. The van der Waals surface area contributed by atoms with E-state index >= 15 is 0 Å². The normalized spacial score (nSPS) is 20.9. The number of sulfonamides is 1. The molecule has 10 heteroatoms. The van der Waals surface area contributed by atoms with Crippen LogP contribution in [0.2, 0.25) is 0 Å².